The van der Waals surface area contributed by atoms with Crippen molar-refractivity contribution in [3.63, 3.8) is 0 Å². The van der Waals surface area contributed by atoms with Gasteiger partial charge in [0.05, 0.1) is 19.2 Å². The van der Waals surface area contributed by atoms with Gasteiger partial charge in [0.25, 0.3) is 5.91 Å². The number of imide groups is 1. The van der Waals surface area contributed by atoms with E-state index in [0.29, 0.717) is 17.0 Å². The quantitative estimate of drug-likeness (QED) is 0.645. The van der Waals surface area contributed by atoms with Crippen LogP contribution in [0.15, 0.2) is 60.2 Å². The fraction of sp³-hybridized carbons (Fsp3) is 0.111. The number of hydrogen-bond donors (Lipinski definition) is 0. The molecule has 0 bridgehead atoms. The van der Waals surface area contributed by atoms with E-state index in [0.717, 1.165) is 5.56 Å². The van der Waals surface area contributed by atoms with Crippen LogP contribution in [0.2, 0.25) is 0 Å². The van der Waals surface area contributed by atoms with Crippen LogP contribution in [0.25, 0.3) is 6.08 Å². The van der Waals surface area contributed by atoms with Crippen LogP contribution in [0.3, 0.4) is 0 Å². The van der Waals surface area contributed by atoms with E-state index in [9.17, 15) is 9.59 Å². The van der Waals surface area contributed by atoms with E-state index in [4.69, 9.17) is 4.74 Å². The lowest BCUT2D eigenvalue weighted by Gasteiger charge is -2.12. The molecule has 2 aromatic rings. The van der Waals surface area contributed by atoms with Crippen molar-refractivity contribution in [1.29, 1.82) is 0 Å². The van der Waals surface area contributed by atoms with Crippen molar-refractivity contribution in [2.24, 2.45) is 0 Å². The van der Waals surface area contributed by atoms with Gasteiger partial charge in [-0.2, -0.15) is 0 Å². The maximum Gasteiger partial charge on any atom is 0.261 e. The Morgan fingerprint density at radius 1 is 1.00 bits per heavy atom. The predicted octanol–water partition coefficient (Wildman–Crippen LogP) is 3.04. The number of rotatable bonds is 3. The van der Waals surface area contributed by atoms with E-state index in [1.165, 1.54) is 4.90 Å². The summed E-state index contributed by atoms with van der Waals surface area (Å²) < 4.78 is 5.27. The van der Waals surface area contributed by atoms with Gasteiger partial charge in [-0.3, -0.25) is 9.59 Å². The SMILES string of the molecule is COc1ccccc1/C=C1\CC(=O)N(c2ccccc2)C1=O. The van der Waals surface area contributed by atoms with Crippen molar-refractivity contribution in [3.8, 4) is 5.75 Å². The minimum absolute atomic E-state index is 0.103. The third-order valence-electron chi connectivity index (χ3n) is 3.55. The summed E-state index contributed by atoms with van der Waals surface area (Å²) in [7, 11) is 1.58. The highest BCUT2D eigenvalue weighted by Crippen LogP contribution is 2.29. The molecule has 0 spiro atoms. The van der Waals surface area contributed by atoms with Crippen LogP contribution in [0.4, 0.5) is 5.69 Å². The minimum Gasteiger partial charge on any atom is -0.496 e. The van der Waals surface area contributed by atoms with E-state index < -0.39 is 0 Å². The molecule has 0 unspecified atom stereocenters. The number of methoxy groups -OCH3 is 1. The first kappa shape index (κ1) is 14.1. The van der Waals surface area contributed by atoms with E-state index >= 15 is 0 Å². The van der Waals surface area contributed by atoms with Crippen molar-refractivity contribution in [2.45, 2.75) is 6.42 Å². The van der Waals surface area contributed by atoms with E-state index in [-0.39, 0.29) is 18.2 Å². The van der Waals surface area contributed by atoms with Crippen molar-refractivity contribution in [1.82, 2.24) is 0 Å². The zero-order valence-corrected chi connectivity index (χ0v) is 12.2. The average Bonchev–Trinajstić information content (AvgIpc) is 2.83. The molecule has 1 saturated heterocycles. The number of carbonyl (C=O) groups is 2. The predicted molar refractivity (Wildman–Crippen MR) is 84.5 cm³/mol. The molecule has 1 aliphatic heterocycles. The summed E-state index contributed by atoms with van der Waals surface area (Å²) in [5.74, 6) is 0.188. The maximum atomic E-state index is 12.5. The zero-order chi connectivity index (χ0) is 15.5. The topological polar surface area (TPSA) is 46.6 Å². The Hall–Kier alpha value is -2.88. The monoisotopic (exact) mass is 293 g/mol. The number of benzene rings is 2. The van der Waals surface area contributed by atoms with Crippen LogP contribution in [-0.4, -0.2) is 18.9 Å². The summed E-state index contributed by atoms with van der Waals surface area (Å²) >= 11 is 0. The molecule has 1 heterocycles. The lowest BCUT2D eigenvalue weighted by Crippen LogP contribution is -2.28. The van der Waals surface area contributed by atoms with Crippen molar-refractivity contribution < 1.29 is 14.3 Å². The molecule has 1 fully saturated rings. The largest absolute Gasteiger partial charge is 0.496 e. The molecule has 4 nitrogen and oxygen atoms in total. The first-order valence-corrected chi connectivity index (χ1v) is 6.96. The molecule has 3 rings (SSSR count). The summed E-state index contributed by atoms with van der Waals surface area (Å²) in [6.07, 6.45) is 1.83. The minimum atomic E-state index is -0.276. The van der Waals surface area contributed by atoms with Gasteiger partial charge < -0.3 is 4.74 Å². The molecule has 0 aliphatic carbocycles. The molecule has 0 aromatic heterocycles. The summed E-state index contributed by atoms with van der Waals surface area (Å²) in [4.78, 5) is 25.9. The number of anilines is 1. The Balaban J connectivity index is 1.96. The molecular weight excluding hydrogens is 278 g/mol. The van der Waals surface area contributed by atoms with Gasteiger partial charge in [0.2, 0.25) is 5.91 Å². The molecular formula is C18H15NO3. The summed E-state index contributed by atoms with van der Waals surface area (Å²) in [6.45, 7) is 0. The Kier molecular flexibility index (Phi) is 3.74. The molecule has 2 amide bonds. The van der Waals surface area contributed by atoms with E-state index in [2.05, 4.69) is 0 Å². The van der Waals surface area contributed by atoms with Crippen LogP contribution in [0, 0.1) is 0 Å². The molecule has 1 aliphatic rings. The van der Waals surface area contributed by atoms with Gasteiger partial charge in [0.1, 0.15) is 5.75 Å². The number of para-hydroxylation sites is 2. The van der Waals surface area contributed by atoms with Crippen LogP contribution in [-0.2, 0) is 9.59 Å². The Morgan fingerprint density at radius 2 is 1.68 bits per heavy atom. The highest BCUT2D eigenvalue weighted by Gasteiger charge is 2.34. The Bertz CT molecular complexity index is 750. The normalized spacial score (nSPS) is 16.4. The zero-order valence-electron chi connectivity index (χ0n) is 12.2. The van der Waals surface area contributed by atoms with Crippen molar-refractivity contribution in [3.05, 3.63) is 65.7 Å². The molecule has 2 aromatic carbocycles. The van der Waals surface area contributed by atoms with Crippen molar-refractivity contribution >= 4 is 23.6 Å². The van der Waals surface area contributed by atoms with Crippen LogP contribution in [0.5, 0.6) is 5.75 Å². The van der Waals surface area contributed by atoms with Gasteiger partial charge in [0.15, 0.2) is 0 Å². The fourth-order valence-corrected chi connectivity index (χ4v) is 2.50. The lowest BCUT2D eigenvalue weighted by atomic mass is 10.1. The molecule has 22 heavy (non-hydrogen) atoms. The Labute approximate surface area is 128 Å². The van der Waals surface area contributed by atoms with Crippen LogP contribution >= 0.6 is 0 Å². The third kappa shape index (κ3) is 2.51. The van der Waals surface area contributed by atoms with Crippen LogP contribution in [0.1, 0.15) is 12.0 Å². The molecule has 4 heteroatoms. The fourth-order valence-electron chi connectivity index (χ4n) is 2.50. The summed E-state index contributed by atoms with van der Waals surface area (Å²) in [6, 6.07) is 16.4. The second kappa shape index (κ2) is 5.85. The third-order valence-corrected chi connectivity index (χ3v) is 3.55. The van der Waals surface area contributed by atoms with Gasteiger partial charge in [0, 0.05) is 11.1 Å². The summed E-state index contributed by atoms with van der Waals surface area (Å²) in [5, 5.41) is 0. The highest BCUT2D eigenvalue weighted by atomic mass is 16.5. The van der Waals surface area contributed by atoms with Gasteiger partial charge in [-0.15, -0.1) is 0 Å². The smallest absolute Gasteiger partial charge is 0.261 e. The van der Waals surface area contributed by atoms with Gasteiger partial charge >= 0.3 is 0 Å². The second-order valence-electron chi connectivity index (χ2n) is 4.96. The van der Waals surface area contributed by atoms with E-state index in [1.807, 2.05) is 30.3 Å². The number of ether oxygens (including phenoxy) is 1. The van der Waals surface area contributed by atoms with Gasteiger partial charge in [-0.25, -0.2) is 4.90 Å². The van der Waals surface area contributed by atoms with Gasteiger partial charge in [-0.05, 0) is 24.3 Å². The molecule has 0 atom stereocenters. The number of amides is 2. The Morgan fingerprint density at radius 3 is 2.41 bits per heavy atom. The number of hydrogen-bond acceptors (Lipinski definition) is 3. The molecule has 0 radical (unpaired) electrons. The first-order chi connectivity index (χ1) is 10.7. The highest BCUT2D eigenvalue weighted by molar-refractivity contribution is 6.29. The molecule has 0 saturated carbocycles. The number of carbonyl (C=O) groups excluding carboxylic acids is 2. The number of nitrogens with zero attached hydrogens (tertiary/aromatic N) is 1. The lowest BCUT2D eigenvalue weighted by molar-refractivity contribution is -0.120. The van der Waals surface area contributed by atoms with Gasteiger partial charge in [-0.1, -0.05) is 36.4 Å². The van der Waals surface area contributed by atoms with Crippen LogP contribution < -0.4 is 9.64 Å². The average molecular weight is 293 g/mol. The molecule has 110 valence electrons. The molecule has 0 N–H and O–H groups in total. The standard InChI is InChI=1S/C18H15NO3/c1-22-16-10-6-5-7-13(16)11-14-12-17(20)19(18(14)21)15-8-3-2-4-9-15/h2-11H,12H2,1H3/b14-11+. The summed E-state index contributed by atoms with van der Waals surface area (Å²) in [5.41, 5.74) is 1.86. The van der Waals surface area contributed by atoms with Crippen molar-refractivity contribution in [2.75, 3.05) is 12.0 Å². The maximum absolute atomic E-state index is 12.5. The second-order valence-corrected chi connectivity index (χ2v) is 4.96. The van der Waals surface area contributed by atoms with E-state index in [1.54, 1.807) is 37.5 Å². The first-order valence-electron chi connectivity index (χ1n) is 6.96.